The lowest BCUT2D eigenvalue weighted by molar-refractivity contribution is 1.06. The average Bonchev–Trinajstić information content (AvgIpc) is 2.66. The molecular weight excluding hydrogens is 344 g/mol. The zero-order chi connectivity index (χ0) is 18.5. The summed E-state index contributed by atoms with van der Waals surface area (Å²) in [6, 6.07) is 25.8. The highest BCUT2D eigenvalue weighted by atomic mass is 28.2. The highest BCUT2D eigenvalue weighted by molar-refractivity contribution is 6.60. The Morgan fingerprint density at radius 1 is 0.654 bits per heavy atom. The number of rotatable bonds is 6. The first-order chi connectivity index (χ1) is 12.6. The first-order valence-corrected chi connectivity index (χ1v) is 11.5. The van der Waals surface area contributed by atoms with Gasteiger partial charge in [0, 0.05) is 0 Å². The molecule has 1 unspecified atom stereocenters. The van der Waals surface area contributed by atoms with E-state index >= 15 is 0 Å². The molecule has 0 nitrogen and oxygen atoms in total. The maximum absolute atomic E-state index is 2.32. The molecule has 3 aromatic carbocycles. The molecule has 3 rings (SSSR count). The minimum Gasteiger partial charge on any atom is -0.0633 e. The van der Waals surface area contributed by atoms with E-state index in [-0.39, 0.29) is 0 Å². The van der Waals surface area contributed by atoms with E-state index in [0.717, 1.165) is 19.0 Å². The molecule has 0 fully saturated rings. The van der Waals surface area contributed by atoms with Gasteiger partial charge in [-0.25, -0.2) is 0 Å². The maximum atomic E-state index is 2.32. The number of benzene rings is 3. The lowest BCUT2D eigenvalue weighted by Crippen LogP contribution is -2.28. The second-order valence-corrected chi connectivity index (χ2v) is 9.81. The Balaban J connectivity index is 1.84. The largest absolute Gasteiger partial charge is 0.0891 e. The van der Waals surface area contributed by atoms with Crippen molar-refractivity contribution in [2.24, 2.45) is 0 Å². The van der Waals surface area contributed by atoms with Crippen molar-refractivity contribution in [3.05, 3.63) is 94.5 Å². The Bertz CT molecular complexity index is 869. The van der Waals surface area contributed by atoms with Crippen LogP contribution in [-0.2, 0) is 0 Å². The van der Waals surface area contributed by atoms with Gasteiger partial charge in [0.1, 0.15) is 0 Å². The lowest BCUT2D eigenvalue weighted by Gasteiger charge is -2.19. The molecule has 130 valence electrons. The molecule has 26 heavy (non-hydrogen) atoms. The molecule has 0 bridgehead atoms. The van der Waals surface area contributed by atoms with Crippen LogP contribution in [-0.4, -0.2) is 19.0 Å². The third-order valence-electron chi connectivity index (χ3n) is 5.24. The van der Waals surface area contributed by atoms with Crippen molar-refractivity contribution in [2.45, 2.75) is 39.3 Å². The molecule has 0 spiro atoms. The van der Waals surface area contributed by atoms with Gasteiger partial charge in [-0.05, 0) is 61.1 Å². The molecular formula is C24H26Si2. The fourth-order valence-electron chi connectivity index (χ4n) is 3.19. The molecule has 4 radical (unpaired) electrons. The first kappa shape index (κ1) is 18.9. The van der Waals surface area contributed by atoms with Crippen LogP contribution in [0, 0.1) is 27.7 Å². The Hall–Kier alpha value is -1.91. The Morgan fingerprint density at radius 2 is 1.23 bits per heavy atom. The summed E-state index contributed by atoms with van der Waals surface area (Å²) in [7, 11) is 1.68. The SMILES string of the molecule is Cc1cccc([Si]CC([Si]c2cccc(C)c2C)c2ccccc2)c1C. The maximum Gasteiger partial charge on any atom is 0.0891 e. The minimum absolute atomic E-state index is 0.593. The standard InChI is InChI=1S/C24H26Si2/c1-17-10-8-14-22(19(17)3)25-16-24(21-12-6-5-7-13-21)26-23-15-9-11-18(2)20(23)4/h5-15,24H,16H2,1-4H3. The van der Waals surface area contributed by atoms with Crippen molar-refractivity contribution < 1.29 is 0 Å². The zero-order valence-electron chi connectivity index (χ0n) is 16.1. The summed E-state index contributed by atoms with van der Waals surface area (Å²) in [5, 5.41) is 3.04. The Morgan fingerprint density at radius 3 is 1.88 bits per heavy atom. The van der Waals surface area contributed by atoms with Gasteiger partial charge in [-0.1, -0.05) is 83.1 Å². The molecule has 0 heterocycles. The fourth-order valence-corrected chi connectivity index (χ4v) is 6.58. The molecule has 2 heteroatoms. The second-order valence-electron chi connectivity index (χ2n) is 6.98. The molecule has 0 aliphatic rings. The predicted molar refractivity (Wildman–Crippen MR) is 117 cm³/mol. The smallest absolute Gasteiger partial charge is 0.0633 e. The van der Waals surface area contributed by atoms with E-state index in [9.17, 15) is 0 Å². The summed E-state index contributed by atoms with van der Waals surface area (Å²) in [6.07, 6.45) is 0. The molecule has 0 aliphatic carbocycles. The summed E-state index contributed by atoms with van der Waals surface area (Å²) >= 11 is 0. The van der Waals surface area contributed by atoms with E-state index in [2.05, 4.69) is 94.4 Å². The van der Waals surface area contributed by atoms with Crippen LogP contribution in [0.1, 0.15) is 33.4 Å². The van der Waals surface area contributed by atoms with Crippen LogP contribution in [0.2, 0.25) is 6.04 Å². The summed E-state index contributed by atoms with van der Waals surface area (Å²) in [4.78, 5) is 0. The average molecular weight is 371 g/mol. The minimum atomic E-state index is 0.593. The quantitative estimate of drug-likeness (QED) is 0.563. The van der Waals surface area contributed by atoms with Crippen LogP contribution in [0.5, 0.6) is 0 Å². The monoisotopic (exact) mass is 370 g/mol. The number of hydrogen-bond donors (Lipinski definition) is 0. The van der Waals surface area contributed by atoms with E-state index in [1.54, 1.807) is 0 Å². The highest BCUT2D eigenvalue weighted by Crippen LogP contribution is 2.20. The van der Waals surface area contributed by atoms with Gasteiger partial charge in [-0.15, -0.1) is 0 Å². The predicted octanol–water partition coefficient (Wildman–Crippen LogP) is 4.44. The van der Waals surface area contributed by atoms with E-state index in [1.807, 2.05) is 0 Å². The van der Waals surface area contributed by atoms with Crippen molar-refractivity contribution in [2.75, 3.05) is 0 Å². The number of hydrogen-bond acceptors (Lipinski definition) is 0. The summed E-state index contributed by atoms with van der Waals surface area (Å²) in [5.74, 6) is 0. The third-order valence-corrected chi connectivity index (χ3v) is 8.92. The highest BCUT2D eigenvalue weighted by Gasteiger charge is 2.16. The van der Waals surface area contributed by atoms with E-state index < -0.39 is 0 Å². The van der Waals surface area contributed by atoms with Gasteiger partial charge in [0.2, 0.25) is 0 Å². The zero-order valence-corrected chi connectivity index (χ0v) is 18.1. The van der Waals surface area contributed by atoms with E-state index in [4.69, 9.17) is 0 Å². The van der Waals surface area contributed by atoms with Crippen LogP contribution < -0.4 is 10.4 Å². The summed E-state index contributed by atoms with van der Waals surface area (Å²) < 4.78 is 0. The van der Waals surface area contributed by atoms with Crippen molar-refractivity contribution in [1.82, 2.24) is 0 Å². The van der Waals surface area contributed by atoms with E-state index in [0.29, 0.717) is 5.54 Å². The Kier molecular flexibility index (Phi) is 6.28. The van der Waals surface area contributed by atoms with Crippen molar-refractivity contribution in [1.29, 1.82) is 0 Å². The van der Waals surface area contributed by atoms with Gasteiger partial charge in [0.15, 0.2) is 0 Å². The van der Waals surface area contributed by atoms with Gasteiger partial charge in [-0.3, -0.25) is 0 Å². The van der Waals surface area contributed by atoms with Crippen LogP contribution in [0.4, 0.5) is 0 Å². The normalized spacial score (nSPS) is 12.2. The van der Waals surface area contributed by atoms with Gasteiger partial charge >= 0.3 is 0 Å². The molecule has 3 aromatic rings. The van der Waals surface area contributed by atoms with Crippen LogP contribution in [0.3, 0.4) is 0 Å². The van der Waals surface area contributed by atoms with Crippen molar-refractivity contribution in [3.8, 4) is 0 Å². The van der Waals surface area contributed by atoms with Gasteiger partial charge in [-0.2, -0.15) is 0 Å². The molecule has 0 N–H and O–H groups in total. The first-order valence-electron chi connectivity index (χ1n) is 9.24. The molecule has 0 amide bonds. The molecule has 0 saturated heterocycles. The lowest BCUT2D eigenvalue weighted by atomic mass is 10.1. The summed E-state index contributed by atoms with van der Waals surface area (Å²) in [5.41, 5.74) is 7.80. The number of aryl methyl sites for hydroxylation is 2. The van der Waals surface area contributed by atoms with Crippen molar-refractivity contribution in [3.63, 3.8) is 0 Å². The van der Waals surface area contributed by atoms with Crippen molar-refractivity contribution >= 4 is 29.4 Å². The van der Waals surface area contributed by atoms with Gasteiger partial charge < -0.3 is 0 Å². The van der Waals surface area contributed by atoms with Gasteiger partial charge in [0.05, 0.1) is 19.0 Å². The summed E-state index contributed by atoms with van der Waals surface area (Å²) in [6.45, 7) is 8.98. The third kappa shape index (κ3) is 4.43. The molecule has 0 saturated carbocycles. The van der Waals surface area contributed by atoms with Crippen LogP contribution >= 0.6 is 0 Å². The van der Waals surface area contributed by atoms with Gasteiger partial charge in [0.25, 0.3) is 0 Å². The fraction of sp³-hybridized carbons (Fsp3) is 0.250. The van der Waals surface area contributed by atoms with E-state index in [1.165, 1.54) is 44.2 Å². The Labute approximate surface area is 163 Å². The van der Waals surface area contributed by atoms with Crippen LogP contribution in [0.15, 0.2) is 66.7 Å². The van der Waals surface area contributed by atoms with Crippen LogP contribution in [0.25, 0.3) is 0 Å². The second kappa shape index (κ2) is 8.65. The molecule has 0 aromatic heterocycles. The topological polar surface area (TPSA) is 0 Å². The molecule has 1 atom stereocenters. The molecule has 0 aliphatic heterocycles.